The number of carboxylic acid groups (broad SMARTS) is 1. The van der Waals surface area contributed by atoms with Gasteiger partial charge in [-0.15, -0.1) is 21.5 Å². The maximum Gasteiger partial charge on any atom is 0.328 e. The van der Waals surface area contributed by atoms with Gasteiger partial charge in [0.2, 0.25) is 0 Å². The quantitative estimate of drug-likeness (QED) is 0.798. The summed E-state index contributed by atoms with van der Waals surface area (Å²) < 4.78 is 1.72. The molecule has 2 aromatic rings. The Balaban J connectivity index is 1.96. The second-order valence-corrected chi connectivity index (χ2v) is 4.89. The molecular weight excluding hydrogens is 280 g/mol. The van der Waals surface area contributed by atoms with Crippen LogP contribution in [0.3, 0.4) is 0 Å². The number of carbonyl (C=O) groups is 2. The van der Waals surface area contributed by atoms with Gasteiger partial charge in [0.05, 0.1) is 12.1 Å². The first-order valence-corrected chi connectivity index (χ1v) is 6.55. The molecule has 20 heavy (non-hydrogen) atoms. The third-order valence-corrected chi connectivity index (χ3v) is 3.38. The lowest BCUT2D eigenvalue weighted by Crippen LogP contribution is -2.23. The van der Waals surface area contributed by atoms with Crippen molar-refractivity contribution in [2.75, 3.05) is 0 Å². The maximum atomic E-state index is 11.9. The topological polar surface area (TPSA) is 97.1 Å². The number of aromatic nitrogens is 3. The zero-order chi connectivity index (χ0) is 14.5. The van der Waals surface area contributed by atoms with Crippen LogP contribution in [0.15, 0.2) is 23.8 Å². The van der Waals surface area contributed by atoms with Crippen LogP contribution in [0.4, 0.5) is 0 Å². The Kier molecular flexibility index (Phi) is 4.26. The molecular formula is C12H12N4O3S. The Hall–Kier alpha value is -2.48. The SMILES string of the molecule is Cn1cnnc1CNC(=O)c1csc(C=CC(=O)O)c1. The molecule has 0 bridgehead atoms. The number of hydrogen-bond acceptors (Lipinski definition) is 5. The van der Waals surface area contributed by atoms with Crippen molar-refractivity contribution in [3.8, 4) is 0 Å². The normalized spacial score (nSPS) is 10.8. The number of aryl methyl sites for hydroxylation is 1. The number of aliphatic carboxylic acids is 1. The first kappa shape index (κ1) is 13.9. The number of rotatable bonds is 5. The minimum atomic E-state index is -1.02. The Morgan fingerprint density at radius 2 is 2.35 bits per heavy atom. The second kappa shape index (κ2) is 6.11. The first-order chi connectivity index (χ1) is 9.56. The molecule has 0 saturated carbocycles. The molecule has 0 fully saturated rings. The van der Waals surface area contributed by atoms with Crippen LogP contribution >= 0.6 is 11.3 Å². The monoisotopic (exact) mass is 292 g/mol. The second-order valence-electron chi connectivity index (χ2n) is 3.95. The van der Waals surface area contributed by atoms with Crippen molar-refractivity contribution in [1.82, 2.24) is 20.1 Å². The molecule has 0 aliphatic rings. The van der Waals surface area contributed by atoms with E-state index in [4.69, 9.17) is 5.11 Å². The van der Waals surface area contributed by atoms with Crippen molar-refractivity contribution in [1.29, 1.82) is 0 Å². The molecule has 0 aromatic carbocycles. The van der Waals surface area contributed by atoms with Gasteiger partial charge in [0.1, 0.15) is 6.33 Å². The predicted octanol–water partition coefficient (Wildman–Crippen LogP) is 0.904. The molecule has 0 spiro atoms. The third-order valence-electron chi connectivity index (χ3n) is 2.48. The Labute approximate surface area is 118 Å². The molecule has 0 radical (unpaired) electrons. The molecule has 0 unspecified atom stereocenters. The van der Waals surface area contributed by atoms with E-state index in [0.29, 0.717) is 16.3 Å². The fourth-order valence-electron chi connectivity index (χ4n) is 1.44. The fraction of sp³-hybridized carbons (Fsp3) is 0.167. The van der Waals surface area contributed by atoms with Gasteiger partial charge >= 0.3 is 5.97 Å². The van der Waals surface area contributed by atoms with Crippen molar-refractivity contribution < 1.29 is 14.7 Å². The summed E-state index contributed by atoms with van der Waals surface area (Å²) in [4.78, 5) is 23.0. The number of nitrogens with one attached hydrogen (secondary N) is 1. The smallest absolute Gasteiger partial charge is 0.328 e. The number of hydrogen-bond donors (Lipinski definition) is 2. The molecule has 1 amide bonds. The zero-order valence-corrected chi connectivity index (χ0v) is 11.4. The van der Waals surface area contributed by atoms with Gasteiger partial charge in [-0.05, 0) is 12.1 Å². The lowest BCUT2D eigenvalue weighted by molar-refractivity contribution is -0.131. The van der Waals surface area contributed by atoms with E-state index in [2.05, 4.69) is 15.5 Å². The van der Waals surface area contributed by atoms with Crippen LogP contribution in [0.25, 0.3) is 6.08 Å². The summed E-state index contributed by atoms with van der Waals surface area (Å²) in [6, 6.07) is 1.64. The molecule has 7 nitrogen and oxygen atoms in total. The van der Waals surface area contributed by atoms with E-state index in [1.165, 1.54) is 17.4 Å². The molecule has 104 valence electrons. The summed E-state index contributed by atoms with van der Waals surface area (Å²) in [7, 11) is 1.79. The van der Waals surface area contributed by atoms with Crippen LogP contribution in [0.1, 0.15) is 21.1 Å². The number of thiophene rings is 1. The van der Waals surface area contributed by atoms with Crippen LogP contribution in [0.5, 0.6) is 0 Å². The lowest BCUT2D eigenvalue weighted by Gasteiger charge is -2.02. The molecule has 2 aromatic heterocycles. The predicted molar refractivity (Wildman–Crippen MR) is 73.2 cm³/mol. The molecule has 0 aliphatic carbocycles. The molecule has 0 atom stereocenters. The van der Waals surface area contributed by atoms with Crippen LogP contribution in [0, 0.1) is 0 Å². The number of amides is 1. The number of nitrogens with zero attached hydrogens (tertiary/aromatic N) is 3. The van der Waals surface area contributed by atoms with Crippen LogP contribution in [0.2, 0.25) is 0 Å². The van der Waals surface area contributed by atoms with Gasteiger partial charge in [0, 0.05) is 23.4 Å². The van der Waals surface area contributed by atoms with Crippen LogP contribution < -0.4 is 5.32 Å². The summed E-state index contributed by atoms with van der Waals surface area (Å²) in [5, 5.41) is 20.5. The minimum absolute atomic E-state index is 0.237. The summed E-state index contributed by atoms with van der Waals surface area (Å²) >= 11 is 1.30. The summed E-state index contributed by atoms with van der Waals surface area (Å²) in [5.74, 6) is -0.606. The van der Waals surface area contributed by atoms with Gasteiger partial charge < -0.3 is 15.0 Å². The largest absolute Gasteiger partial charge is 0.478 e. The highest BCUT2D eigenvalue weighted by Gasteiger charge is 2.09. The standard InChI is InChI=1S/C12H12N4O3S/c1-16-7-14-15-10(16)5-13-12(19)8-4-9(20-6-8)2-3-11(17)18/h2-4,6-7H,5H2,1H3,(H,13,19)(H,17,18). The van der Waals surface area contributed by atoms with Crippen molar-refractivity contribution in [2.45, 2.75) is 6.54 Å². The van der Waals surface area contributed by atoms with Gasteiger partial charge in [-0.1, -0.05) is 0 Å². The van der Waals surface area contributed by atoms with Gasteiger partial charge in [0.25, 0.3) is 5.91 Å². The van der Waals surface area contributed by atoms with E-state index < -0.39 is 5.97 Å². The minimum Gasteiger partial charge on any atom is -0.478 e. The molecule has 2 rings (SSSR count). The van der Waals surface area contributed by atoms with E-state index in [9.17, 15) is 9.59 Å². The average Bonchev–Trinajstić information content (AvgIpc) is 3.02. The Morgan fingerprint density at radius 1 is 1.55 bits per heavy atom. The van der Waals surface area contributed by atoms with E-state index in [1.807, 2.05) is 0 Å². The van der Waals surface area contributed by atoms with E-state index in [1.54, 1.807) is 29.4 Å². The van der Waals surface area contributed by atoms with Crippen molar-refractivity contribution in [3.05, 3.63) is 40.1 Å². The van der Waals surface area contributed by atoms with E-state index in [-0.39, 0.29) is 12.5 Å². The molecule has 2 N–H and O–H groups in total. The molecule has 0 aliphatic heterocycles. The highest BCUT2D eigenvalue weighted by Crippen LogP contribution is 2.16. The van der Waals surface area contributed by atoms with Gasteiger partial charge in [-0.25, -0.2) is 4.79 Å². The molecule has 2 heterocycles. The summed E-state index contributed by atoms with van der Waals surface area (Å²) in [6.45, 7) is 0.283. The van der Waals surface area contributed by atoms with Crippen LogP contribution in [-0.2, 0) is 18.4 Å². The first-order valence-electron chi connectivity index (χ1n) is 5.67. The van der Waals surface area contributed by atoms with Crippen LogP contribution in [-0.4, -0.2) is 31.7 Å². The summed E-state index contributed by atoms with van der Waals surface area (Å²) in [6.07, 6.45) is 4.04. The zero-order valence-electron chi connectivity index (χ0n) is 10.6. The molecule has 0 saturated heterocycles. The maximum absolute atomic E-state index is 11.9. The number of carboxylic acids is 1. The van der Waals surface area contributed by atoms with Crippen molar-refractivity contribution >= 4 is 29.3 Å². The van der Waals surface area contributed by atoms with Crippen molar-refractivity contribution in [2.24, 2.45) is 7.05 Å². The van der Waals surface area contributed by atoms with Gasteiger partial charge in [-0.2, -0.15) is 0 Å². The Morgan fingerprint density at radius 3 is 3.00 bits per heavy atom. The van der Waals surface area contributed by atoms with E-state index in [0.717, 1.165) is 6.08 Å². The summed E-state index contributed by atoms with van der Waals surface area (Å²) in [5.41, 5.74) is 0.488. The third kappa shape index (κ3) is 3.51. The lowest BCUT2D eigenvalue weighted by atomic mass is 10.3. The average molecular weight is 292 g/mol. The van der Waals surface area contributed by atoms with Crippen molar-refractivity contribution in [3.63, 3.8) is 0 Å². The highest BCUT2D eigenvalue weighted by molar-refractivity contribution is 7.11. The fourth-order valence-corrected chi connectivity index (χ4v) is 2.22. The number of carbonyl (C=O) groups excluding carboxylic acids is 1. The Bertz CT molecular complexity index is 659. The van der Waals surface area contributed by atoms with Gasteiger partial charge in [0.15, 0.2) is 5.82 Å². The van der Waals surface area contributed by atoms with E-state index >= 15 is 0 Å². The highest BCUT2D eigenvalue weighted by atomic mass is 32.1. The molecule has 8 heteroatoms. The van der Waals surface area contributed by atoms with Gasteiger partial charge in [-0.3, -0.25) is 4.79 Å².